The molecule has 33 heavy (non-hydrogen) atoms. The van der Waals surface area contributed by atoms with Crippen molar-refractivity contribution in [1.82, 2.24) is 0 Å². The van der Waals surface area contributed by atoms with E-state index in [0.717, 1.165) is 69.6 Å². The molecule has 5 aliphatic rings. The summed E-state index contributed by atoms with van der Waals surface area (Å²) in [6.45, 7) is 11.1. The van der Waals surface area contributed by atoms with Crippen molar-refractivity contribution in [2.24, 2.45) is 52.3 Å². The Morgan fingerprint density at radius 1 is 0.970 bits per heavy atom. The molecule has 0 aliphatic heterocycles. The number of rotatable bonds is 5. The van der Waals surface area contributed by atoms with E-state index in [4.69, 9.17) is 0 Å². The minimum Gasteiger partial charge on any atom is -0.393 e. The largest absolute Gasteiger partial charge is 0.393 e. The summed E-state index contributed by atoms with van der Waals surface area (Å²) in [5.74, 6) is 3.18. The highest BCUT2D eigenvalue weighted by atomic mass is 16.3. The van der Waals surface area contributed by atoms with Crippen molar-refractivity contribution in [3.8, 4) is 0 Å². The van der Waals surface area contributed by atoms with Gasteiger partial charge in [0.2, 0.25) is 0 Å². The highest BCUT2D eigenvalue weighted by Crippen LogP contribution is 2.70. The van der Waals surface area contributed by atoms with E-state index in [1.54, 1.807) is 0 Å². The Kier molecular flexibility index (Phi) is 5.89. The summed E-state index contributed by atoms with van der Waals surface area (Å²) in [6.07, 6.45) is 9.33. The fourth-order valence-corrected chi connectivity index (χ4v) is 10.2. The Balaban J connectivity index is 1.38. The Morgan fingerprint density at radius 3 is 2.33 bits per heavy atom. The summed E-state index contributed by atoms with van der Waals surface area (Å²) in [4.78, 5) is 0. The molecular weight excluding hydrogens is 412 g/mol. The molecule has 13 atom stereocenters. The third-order valence-electron chi connectivity index (χ3n) is 12.7. The van der Waals surface area contributed by atoms with Crippen molar-refractivity contribution >= 4 is 0 Å². The second-order valence-electron chi connectivity index (χ2n) is 14.2. The van der Waals surface area contributed by atoms with Crippen LogP contribution >= 0.6 is 0 Å². The van der Waals surface area contributed by atoms with Crippen LogP contribution in [0.3, 0.4) is 0 Å². The smallest absolute Gasteiger partial charge is 0.0760 e. The zero-order valence-corrected chi connectivity index (χ0v) is 21.8. The number of aliphatic hydroxyl groups excluding tert-OH is 2. The van der Waals surface area contributed by atoms with Gasteiger partial charge in [0.05, 0.1) is 23.4 Å². The Hall–Kier alpha value is -0.160. The molecule has 0 unspecified atom stereocenters. The van der Waals surface area contributed by atoms with Crippen LogP contribution in [0.4, 0.5) is 0 Å². The van der Waals surface area contributed by atoms with Crippen LogP contribution in [0.5, 0.6) is 0 Å². The van der Waals surface area contributed by atoms with Gasteiger partial charge in [-0.05, 0) is 124 Å². The summed E-state index contributed by atoms with van der Waals surface area (Å²) in [5.41, 5.74) is -2.34. The molecule has 190 valence electrons. The molecule has 0 aromatic heterocycles. The normalized spacial score (nSPS) is 56.3. The van der Waals surface area contributed by atoms with Gasteiger partial charge in [-0.25, -0.2) is 0 Å². The van der Waals surface area contributed by atoms with Crippen molar-refractivity contribution in [3.63, 3.8) is 0 Å². The van der Waals surface area contributed by atoms with Gasteiger partial charge in [0.25, 0.3) is 0 Å². The van der Waals surface area contributed by atoms with Crippen molar-refractivity contribution < 1.29 is 20.4 Å². The molecule has 5 rings (SSSR count). The van der Waals surface area contributed by atoms with Gasteiger partial charge in [-0.3, -0.25) is 0 Å². The minimum absolute atomic E-state index is 0.0755. The Bertz CT molecular complexity index is 752. The van der Waals surface area contributed by atoms with E-state index >= 15 is 0 Å². The lowest BCUT2D eigenvalue weighted by Gasteiger charge is -2.65. The second-order valence-corrected chi connectivity index (χ2v) is 14.2. The topological polar surface area (TPSA) is 80.9 Å². The molecule has 4 heteroatoms. The summed E-state index contributed by atoms with van der Waals surface area (Å²) >= 11 is 0. The van der Waals surface area contributed by atoms with Gasteiger partial charge in [0.1, 0.15) is 0 Å². The van der Waals surface area contributed by atoms with E-state index in [-0.39, 0.29) is 23.4 Å². The first-order chi connectivity index (χ1) is 15.3. The number of fused-ring (bicyclic) bond motifs is 5. The number of aliphatic hydroxyl groups is 4. The zero-order valence-electron chi connectivity index (χ0n) is 21.8. The van der Waals surface area contributed by atoms with Crippen LogP contribution < -0.4 is 0 Å². The van der Waals surface area contributed by atoms with E-state index in [0.29, 0.717) is 24.2 Å². The van der Waals surface area contributed by atoms with E-state index in [1.165, 1.54) is 6.42 Å². The molecule has 0 heterocycles. The number of hydrogen-bond donors (Lipinski definition) is 4. The lowest BCUT2D eigenvalue weighted by molar-refractivity contribution is -0.260. The molecule has 5 fully saturated rings. The van der Waals surface area contributed by atoms with Crippen LogP contribution in [0, 0.1) is 52.3 Å². The Morgan fingerprint density at radius 2 is 1.67 bits per heavy atom. The first-order valence-corrected chi connectivity index (χ1v) is 14.2. The summed E-state index contributed by atoms with van der Waals surface area (Å²) in [7, 11) is 0. The fourth-order valence-electron chi connectivity index (χ4n) is 10.2. The van der Waals surface area contributed by atoms with Gasteiger partial charge in [0.15, 0.2) is 0 Å². The molecule has 5 saturated carbocycles. The average Bonchev–Trinajstić information content (AvgIpc) is 3.40. The van der Waals surface area contributed by atoms with Crippen molar-refractivity contribution in [1.29, 1.82) is 0 Å². The summed E-state index contributed by atoms with van der Waals surface area (Å²) < 4.78 is 0. The molecule has 5 aliphatic carbocycles. The highest BCUT2D eigenvalue weighted by molar-refractivity contribution is 5.21. The van der Waals surface area contributed by atoms with Gasteiger partial charge in [-0.1, -0.05) is 27.7 Å². The maximum atomic E-state index is 12.4. The average molecular weight is 463 g/mol. The molecule has 0 saturated heterocycles. The molecular formula is C29H50O4. The van der Waals surface area contributed by atoms with Crippen LogP contribution in [0.25, 0.3) is 0 Å². The lowest BCUT2D eigenvalue weighted by Crippen LogP contribution is -2.68. The second kappa shape index (κ2) is 7.92. The van der Waals surface area contributed by atoms with Crippen LogP contribution in [-0.4, -0.2) is 43.8 Å². The molecule has 4 nitrogen and oxygen atoms in total. The van der Waals surface area contributed by atoms with E-state index < -0.39 is 22.7 Å². The zero-order chi connectivity index (χ0) is 24.0. The van der Waals surface area contributed by atoms with Gasteiger partial charge in [-0.15, -0.1) is 0 Å². The third-order valence-corrected chi connectivity index (χ3v) is 12.7. The van der Waals surface area contributed by atoms with Crippen molar-refractivity contribution in [2.45, 2.75) is 129 Å². The molecule has 0 spiro atoms. The van der Waals surface area contributed by atoms with Crippen molar-refractivity contribution in [3.05, 3.63) is 0 Å². The first-order valence-electron chi connectivity index (χ1n) is 14.2. The SMILES string of the molecule is C[C@H](CC[C@](C)(O)[C@H]1CC[C@@]2(O)[C@@H]3CC[C@H]4C[C@H](O)CC[C@]4(C)[C@H]3C[C@@H](O)[C@]12C)[C@@H]1C[C@H]1C. The third kappa shape index (κ3) is 3.51. The van der Waals surface area contributed by atoms with E-state index in [9.17, 15) is 20.4 Å². The van der Waals surface area contributed by atoms with E-state index in [1.807, 2.05) is 6.92 Å². The molecule has 0 aromatic carbocycles. The van der Waals surface area contributed by atoms with Crippen LogP contribution in [0.2, 0.25) is 0 Å². The van der Waals surface area contributed by atoms with Crippen LogP contribution in [0.15, 0.2) is 0 Å². The first kappa shape index (κ1) is 24.5. The minimum atomic E-state index is -0.912. The lowest BCUT2D eigenvalue weighted by atomic mass is 9.42. The molecule has 0 amide bonds. The van der Waals surface area contributed by atoms with Crippen LogP contribution in [-0.2, 0) is 0 Å². The predicted octanol–water partition coefficient (Wildman–Crippen LogP) is 4.92. The molecule has 4 N–H and O–H groups in total. The van der Waals surface area contributed by atoms with Gasteiger partial charge in [-0.2, -0.15) is 0 Å². The molecule has 0 bridgehead atoms. The standard InChI is InChI=1S/C29H50O4/c1-17(21-14-18(21)2)8-12-27(4,32)24-10-13-29(33)22-7-6-19-15-20(30)9-11-26(19,3)23(22)16-25(31)28(24,29)5/h17-25,30-33H,6-16H2,1-5H3/t17-,18-,19+,20-,21+,22-,23+,24-,25-,26+,27+,28+,29-/m1/s1. The summed E-state index contributed by atoms with van der Waals surface area (Å²) in [5, 5.41) is 46.2. The molecule has 0 aromatic rings. The number of hydrogen-bond acceptors (Lipinski definition) is 4. The summed E-state index contributed by atoms with van der Waals surface area (Å²) in [6, 6.07) is 0. The maximum Gasteiger partial charge on any atom is 0.0760 e. The maximum absolute atomic E-state index is 12.4. The van der Waals surface area contributed by atoms with E-state index in [2.05, 4.69) is 27.7 Å². The predicted molar refractivity (Wildman–Crippen MR) is 130 cm³/mol. The fraction of sp³-hybridized carbons (Fsp3) is 1.00. The quantitative estimate of drug-likeness (QED) is 0.468. The Labute approximate surface area is 201 Å². The van der Waals surface area contributed by atoms with Crippen molar-refractivity contribution in [2.75, 3.05) is 0 Å². The monoisotopic (exact) mass is 462 g/mol. The molecule has 0 radical (unpaired) electrons. The van der Waals surface area contributed by atoms with Crippen LogP contribution in [0.1, 0.15) is 105 Å². The van der Waals surface area contributed by atoms with Gasteiger partial charge < -0.3 is 20.4 Å². The highest BCUT2D eigenvalue weighted by Gasteiger charge is 2.72. The van der Waals surface area contributed by atoms with Gasteiger partial charge >= 0.3 is 0 Å². The van der Waals surface area contributed by atoms with Gasteiger partial charge in [0, 0.05) is 5.41 Å².